The molecule has 2 N–H and O–H groups in total. The van der Waals surface area contributed by atoms with Crippen LogP contribution in [-0.4, -0.2) is 29.2 Å². The molecule has 0 bridgehead atoms. The number of nitrogens with one attached hydrogen (secondary N) is 2. The molecule has 0 fully saturated rings. The molecule has 1 aliphatic carbocycles. The predicted octanol–water partition coefficient (Wildman–Crippen LogP) is 3.58. The Morgan fingerprint density at radius 2 is 1.73 bits per heavy atom. The van der Waals surface area contributed by atoms with Gasteiger partial charge in [0, 0.05) is 4.88 Å². The molecule has 1 aliphatic rings. The summed E-state index contributed by atoms with van der Waals surface area (Å²) in [6, 6.07) is 0. The average molecular weight is 348 g/mol. The summed E-state index contributed by atoms with van der Waals surface area (Å²) in [6.45, 7) is 0. The highest BCUT2D eigenvalue weighted by atomic mass is 32.1. The van der Waals surface area contributed by atoms with Crippen molar-refractivity contribution < 1.29 is 0 Å². The molecule has 0 aliphatic heterocycles. The summed E-state index contributed by atoms with van der Waals surface area (Å²) < 4.78 is 5.01. The minimum absolute atomic E-state index is 0.546. The number of aromatic nitrogens is 6. The van der Waals surface area contributed by atoms with E-state index in [-0.39, 0.29) is 0 Å². The van der Waals surface area contributed by atoms with Gasteiger partial charge in [0.25, 0.3) is 0 Å². The van der Waals surface area contributed by atoms with Crippen molar-refractivity contribution in [2.45, 2.75) is 32.1 Å². The molecule has 0 aromatic carbocycles. The van der Waals surface area contributed by atoms with Gasteiger partial charge in [-0.05, 0) is 55.7 Å². The van der Waals surface area contributed by atoms with E-state index < -0.39 is 0 Å². The van der Waals surface area contributed by atoms with Crippen molar-refractivity contribution >= 4 is 57.4 Å². The number of hydrogen-bond donors (Lipinski definition) is 2. The zero-order chi connectivity index (χ0) is 14.8. The third-order valence-electron chi connectivity index (χ3n) is 4.36. The molecule has 4 heterocycles. The third kappa shape index (κ3) is 1.53. The number of H-pyrrole nitrogens is 2. The van der Waals surface area contributed by atoms with Crippen molar-refractivity contribution in [1.29, 1.82) is 0 Å². The molecule has 0 amide bonds. The maximum atomic E-state index is 5.44. The third-order valence-corrected chi connectivity index (χ3v) is 6.18. The Morgan fingerprint density at radius 3 is 2.64 bits per heavy atom. The van der Waals surface area contributed by atoms with Crippen LogP contribution in [0.3, 0.4) is 0 Å². The minimum atomic E-state index is 0.546. The lowest BCUT2D eigenvalue weighted by Crippen LogP contribution is -1.97. The van der Waals surface area contributed by atoms with Crippen LogP contribution in [0.15, 0.2) is 0 Å². The van der Waals surface area contributed by atoms with E-state index in [0.29, 0.717) is 15.3 Å². The molecule has 0 saturated heterocycles. The van der Waals surface area contributed by atoms with E-state index in [1.165, 1.54) is 35.1 Å². The number of rotatable bonds is 0. The zero-order valence-corrected chi connectivity index (χ0v) is 14.0. The highest BCUT2D eigenvalue weighted by molar-refractivity contribution is 7.71. The first kappa shape index (κ1) is 12.9. The first-order chi connectivity index (χ1) is 10.8. The van der Waals surface area contributed by atoms with Crippen LogP contribution in [0.4, 0.5) is 0 Å². The maximum Gasteiger partial charge on any atom is 0.243 e. The molecule has 4 aromatic heterocycles. The van der Waals surface area contributed by atoms with E-state index in [2.05, 4.69) is 20.4 Å². The molecule has 0 radical (unpaired) electrons. The number of nitrogens with zero attached hydrogens (tertiary/aromatic N) is 4. The summed E-state index contributed by atoms with van der Waals surface area (Å²) in [5, 5.41) is 15.8. The van der Waals surface area contributed by atoms with Crippen LogP contribution in [-0.2, 0) is 12.8 Å². The molecule has 0 spiro atoms. The first-order valence-electron chi connectivity index (χ1n) is 7.26. The van der Waals surface area contributed by atoms with Crippen LogP contribution in [0, 0.1) is 9.54 Å². The number of hydrogen-bond acceptors (Lipinski definition) is 5. The Labute approximate surface area is 138 Å². The van der Waals surface area contributed by atoms with Gasteiger partial charge >= 0.3 is 0 Å². The monoisotopic (exact) mass is 348 g/mol. The second-order valence-corrected chi connectivity index (χ2v) is 7.45. The Bertz CT molecular complexity index is 1150. The van der Waals surface area contributed by atoms with E-state index >= 15 is 0 Å². The fraction of sp³-hybridized carbons (Fsp3) is 0.385. The highest BCUT2D eigenvalue weighted by Crippen LogP contribution is 2.38. The molecule has 0 unspecified atom stereocenters. The van der Waals surface area contributed by atoms with Crippen LogP contribution < -0.4 is 0 Å². The number of aromatic amines is 2. The van der Waals surface area contributed by atoms with Gasteiger partial charge in [0.2, 0.25) is 15.3 Å². The van der Waals surface area contributed by atoms with Crippen molar-refractivity contribution in [1.82, 2.24) is 29.2 Å². The quantitative estimate of drug-likeness (QED) is 0.376. The Hall–Kier alpha value is -1.58. The van der Waals surface area contributed by atoms with Crippen molar-refractivity contribution in [3.8, 4) is 0 Å². The molecule has 22 heavy (non-hydrogen) atoms. The first-order valence-corrected chi connectivity index (χ1v) is 8.89. The van der Waals surface area contributed by atoms with Crippen LogP contribution >= 0.6 is 35.8 Å². The predicted molar refractivity (Wildman–Crippen MR) is 91.0 cm³/mol. The van der Waals surface area contributed by atoms with Gasteiger partial charge in [-0.2, -0.15) is 5.10 Å². The van der Waals surface area contributed by atoms with Crippen molar-refractivity contribution in [3.63, 3.8) is 0 Å². The SMILES string of the molecule is S=c1[nH]nc2c3c4c(sc3n3c(=S)[nH]nc3n12)CCCCC4. The molecule has 112 valence electrons. The summed E-state index contributed by atoms with van der Waals surface area (Å²) in [4.78, 5) is 2.58. The number of fused-ring (bicyclic) bond motifs is 8. The Balaban J connectivity index is 2.13. The Kier molecular flexibility index (Phi) is 2.62. The zero-order valence-electron chi connectivity index (χ0n) is 11.5. The summed E-state index contributed by atoms with van der Waals surface area (Å²) in [6.07, 6.45) is 6.01. The number of thiophene rings is 1. The lowest BCUT2D eigenvalue weighted by Gasteiger charge is -2.02. The average Bonchev–Trinajstić information content (AvgIpc) is 3.11. The summed E-state index contributed by atoms with van der Waals surface area (Å²) in [5.41, 5.74) is 2.28. The minimum Gasteiger partial charge on any atom is -0.251 e. The molecule has 0 atom stereocenters. The second-order valence-electron chi connectivity index (χ2n) is 5.60. The van der Waals surface area contributed by atoms with Gasteiger partial charge in [0.05, 0.1) is 5.39 Å². The van der Waals surface area contributed by atoms with Gasteiger partial charge in [-0.25, -0.2) is 13.9 Å². The van der Waals surface area contributed by atoms with E-state index in [1.807, 2.05) is 20.1 Å². The van der Waals surface area contributed by atoms with Gasteiger partial charge in [0.1, 0.15) is 4.83 Å². The molecule has 0 saturated carbocycles. The highest BCUT2D eigenvalue weighted by Gasteiger charge is 2.22. The lowest BCUT2D eigenvalue weighted by atomic mass is 10.1. The van der Waals surface area contributed by atoms with Crippen molar-refractivity contribution in [2.24, 2.45) is 0 Å². The number of aryl methyl sites for hydroxylation is 2. The van der Waals surface area contributed by atoms with Crippen molar-refractivity contribution in [3.05, 3.63) is 20.0 Å². The molecule has 6 nitrogen and oxygen atoms in total. The van der Waals surface area contributed by atoms with Crippen LogP contribution in [0.25, 0.3) is 21.6 Å². The van der Waals surface area contributed by atoms with Gasteiger partial charge < -0.3 is 0 Å². The summed E-state index contributed by atoms with van der Waals surface area (Å²) in [5.74, 6) is 0.697. The van der Waals surface area contributed by atoms with Gasteiger partial charge in [-0.1, -0.05) is 6.42 Å². The summed E-state index contributed by atoms with van der Waals surface area (Å²) >= 11 is 12.6. The lowest BCUT2D eigenvalue weighted by molar-refractivity contribution is 0.713. The van der Waals surface area contributed by atoms with Gasteiger partial charge in [0.15, 0.2) is 5.65 Å². The smallest absolute Gasteiger partial charge is 0.243 e. The molecule has 5 rings (SSSR count). The van der Waals surface area contributed by atoms with Crippen LogP contribution in [0.5, 0.6) is 0 Å². The topological polar surface area (TPSA) is 66.2 Å². The van der Waals surface area contributed by atoms with E-state index in [9.17, 15) is 0 Å². The summed E-state index contributed by atoms with van der Waals surface area (Å²) in [7, 11) is 0. The van der Waals surface area contributed by atoms with Crippen LogP contribution in [0.2, 0.25) is 0 Å². The second kappa shape index (κ2) is 4.46. The van der Waals surface area contributed by atoms with E-state index in [1.54, 1.807) is 0 Å². The maximum absolute atomic E-state index is 5.44. The largest absolute Gasteiger partial charge is 0.251 e. The normalized spacial score (nSPS) is 15.6. The molecular weight excluding hydrogens is 336 g/mol. The van der Waals surface area contributed by atoms with E-state index in [4.69, 9.17) is 24.4 Å². The van der Waals surface area contributed by atoms with Gasteiger partial charge in [-0.15, -0.1) is 16.4 Å². The standard InChI is InChI=1S/C13H12N6S3/c20-12-16-14-9-8-6-4-2-1-3-5-7(6)22-10(8)19-11(18(9)12)15-17-13(19)21/h1-5H2,(H,16,20)(H,17,21). The fourth-order valence-corrected chi connectivity index (χ4v) is 5.27. The fourth-order valence-electron chi connectivity index (χ4n) is 3.39. The molecule has 4 aromatic rings. The van der Waals surface area contributed by atoms with Crippen molar-refractivity contribution in [2.75, 3.05) is 0 Å². The van der Waals surface area contributed by atoms with E-state index in [0.717, 1.165) is 23.3 Å². The van der Waals surface area contributed by atoms with Gasteiger partial charge in [-0.3, -0.25) is 5.10 Å². The molecule has 9 heteroatoms. The molecular formula is C13H12N6S3. The Morgan fingerprint density at radius 1 is 0.955 bits per heavy atom. The van der Waals surface area contributed by atoms with Crippen LogP contribution in [0.1, 0.15) is 29.7 Å².